The molecule has 1 N–H and O–H groups in total. The Hall–Kier alpha value is -1.82. The molecule has 1 aromatic heterocycles. The highest BCUT2D eigenvalue weighted by Crippen LogP contribution is 2.16. The zero-order valence-corrected chi connectivity index (χ0v) is 15.5. The van der Waals surface area contributed by atoms with Crippen LogP contribution in [-0.4, -0.2) is 54.6 Å². The van der Waals surface area contributed by atoms with E-state index in [1.165, 1.54) is 11.3 Å². The number of hydrogen-bond donors (Lipinski definition) is 1. The standard InChI is InChI=1S/C20H30N2O3/c1-4-19(23)16-21(11-12-24-2)15-18-8-6-10-22(18)14-17-7-5-9-20(13-17)25-3/h5-10,13,19,23H,4,11-12,14-16H2,1-3H3. The smallest absolute Gasteiger partial charge is 0.119 e. The second-order valence-corrected chi connectivity index (χ2v) is 6.27. The van der Waals surface area contributed by atoms with Gasteiger partial charge < -0.3 is 19.1 Å². The molecular weight excluding hydrogens is 316 g/mol. The van der Waals surface area contributed by atoms with Gasteiger partial charge in [0.2, 0.25) is 0 Å². The highest BCUT2D eigenvalue weighted by molar-refractivity contribution is 5.29. The molecule has 0 saturated heterocycles. The lowest BCUT2D eigenvalue weighted by Crippen LogP contribution is -2.34. The van der Waals surface area contributed by atoms with E-state index in [4.69, 9.17) is 9.47 Å². The lowest BCUT2D eigenvalue weighted by molar-refractivity contribution is 0.0818. The maximum atomic E-state index is 10.0. The van der Waals surface area contributed by atoms with Gasteiger partial charge in [0.05, 0.1) is 19.8 Å². The molecule has 0 aliphatic heterocycles. The summed E-state index contributed by atoms with van der Waals surface area (Å²) in [6.45, 7) is 5.71. The third-order valence-corrected chi connectivity index (χ3v) is 4.35. The third kappa shape index (κ3) is 6.20. The van der Waals surface area contributed by atoms with Crippen molar-refractivity contribution in [3.05, 3.63) is 53.9 Å². The molecular formula is C20H30N2O3. The Bertz CT molecular complexity index is 627. The molecule has 0 radical (unpaired) electrons. The van der Waals surface area contributed by atoms with Crippen LogP contribution in [0.2, 0.25) is 0 Å². The lowest BCUT2D eigenvalue weighted by Gasteiger charge is -2.25. The number of benzene rings is 1. The molecule has 2 aromatic rings. The quantitative estimate of drug-likeness (QED) is 0.680. The number of methoxy groups -OCH3 is 2. The summed E-state index contributed by atoms with van der Waals surface area (Å²) in [5.41, 5.74) is 2.43. The first kappa shape index (κ1) is 19.5. The second kappa shape index (κ2) is 10.2. The van der Waals surface area contributed by atoms with Crippen molar-refractivity contribution in [2.75, 3.05) is 33.9 Å². The van der Waals surface area contributed by atoms with E-state index in [1.807, 2.05) is 19.1 Å². The van der Waals surface area contributed by atoms with E-state index >= 15 is 0 Å². The SMILES string of the molecule is CCC(O)CN(CCOC)Cc1cccn1Cc1cccc(OC)c1. The van der Waals surface area contributed by atoms with Crippen molar-refractivity contribution >= 4 is 0 Å². The Balaban J connectivity index is 2.07. The second-order valence-electron chi connectivity index (χ2n) is 6.27. The van der Waals surface area contributed by atoms with Crippen molar-refractivity contribution in [1.82, 2.24) is 9.47 Å². The molecule has 5 nitrogen and oxygen atoms in total. The molecule has 138 valence electrons. The van der Waals surface area contributed by atoms with Gasteiger partial charge in [-0.1, -0.05) is 19.1 Å². The summed E-state index contributed by atoms with van der Waals surface area (Å²) in [5, 5.41) is 10.0. The first-order valence-electron chi connectivity index (χ1n) is 8.82. The van der Waals surface area contributed by atoms with Gasteiger partial charge in [0.1, 0.15) is 5.75 Å². The van der Waals surface area contributed by atoms with E-state index in [-0.39, 0.29) is 6.10 Å². The zero-order valence-electron chi connectivity index (χ0n) is 15.5. The molecule has 0 bridgehead atoms. The van der Waals surface area contributed by atoms with Gasteiger partial charge in [0.15, 0.2) is 0 Å². The topological polar surface area (TPSA) is 46.9 Å². The van der Waals surface area contributed by atoms with Crippen molar-refractivity contribution < 1.29 is 14.6 Å². The monoisotopic (exact) mass is 346 g/mol. The van der Waals surface area contributed by atoms with Gasteiger partial charge in [0, 0.05) is 45.2 Å². The Morgan fingerprint density at radius 3 is 2.76 bits per heavy atom. The Kier molecular flexibility index (Phi) is 7.98. The number of hydrogen-bond acceptors (Lipinski definition) is 4. The van der Waals surface area contributed by atoms with Crippen LogP contribution in [0.3, 0.4) is 0 Å². The molecule has 5 heteroatoms. The average molecular weight is 346 g/mol. The van der Waals surface area contributed by atoms with E-state index in [2.05, 4.69) is 39.9 Å². The van der Waals surface area contributed by atoms with E-state index in [0.717, 1.165) is 31.8 Å². The Labute approximate surface area is 150 Å². The highest BCUT2D eigenvalue weighted by Gasteiger charge is 2.13. The summed E-state index contributed by atoms with van der Waals surface area (Å²) in [6, 6.07) is 12.3. The summed E-state index contributed by atoms with van der Waals surface area (Å²) >= 11 is 0. The van der Waals surface area contributed by atoms with Crippen LogP contribution in [0.5, 0.6) is 5.75 Å². The third-order valence-electron chi connectivity index (χ3n) is 4.35. The molecule has 0 aliphatic carbocycles. The van der Waals surface area contributed by atoms with Crippen molar-refractivity contribution in [3.63, 3.8) is 0 Å². The molecule has 1 atom stereocenters. The first-order valence-corrected chi connectivity index (χ1v) is 8.82. The van der Waals surface area contributed by atoms with Crippen molar-refractivity contribution in [2.45, 2.75) is 32.5 Å². The summed E-state index contributed by atoms with van der Waals surface area (Å²) in [7, 11) is 3.40. The first-order chi connectivity index (χ1) is 12.2. The van der Waals surface area contributed by atoms with E-state index in [1.54, 1.807) is 14.2 Å². The van der Waals surface area contributed by atoms with Gasteiger partial charge in [-0.25, -0.2) is 0 Å². The summed E-state index contributed by atoms with van der Waals surface area (Å²) in [5.74, 6) is 0.874. The average Bonchev–Trinajstić information content (AvgIpc) is 3.06. The van der Waals surface area contributed by atoms with Crippen LogP contribution in [0.1, 0.15) is 24.6 Å². The molecule has 1 unspecified atom stereocenters. The molecule has 0 saturated carbocycles. The summed E-state index contributed by atoms with van der Waals surface area (Å²) < 4.78 is 12.8. The van der Waals surface area contributed by atoms with E-state index in [0.29, 0.717) is 13.2 Å². The van der Waals surface area contributed by atoms with Crippen LogP contribution in [0.4, 0.5) is 0 Å². The minimum Gasteiger partial charge on any atom is -0.497 e. The van der Waals surface area contributed by atoms with Gasteiger partial charge in [-0.3, -0.25) is 4.90 Å². The Morgan fingerprint density at radius 1 is 1.20 bits per heavy atom. The van der Waals surface area contributed by atoms with E-state index in [9.17, 15) is 5.11 Å². The maximum Gasteiger partial charge on any atom is 0.119 e. The molecule has 0 amide bonds. The molecule has 2 rings (SSSR count). The largest absolute Gasteiger partial charge is 0.497 e. The van der Waals surface area contributed by atoms with Gasteiger partial charge >= 0.3 is 0 Å². The number of aliphatic hydroxyl groups is 1. The van der Waals surface area contributed by atoms with Crippen LogP contribution in [0.15, 0.2) is 42.6 Å². The van der Waals surface area contributed by atoms with Crippen LogP contribution in [0, 0.1) is 0 Å². The van der Waals surface area contributed by atoms with Crippen LogP contribution in [0.25, 0.3) is 0 Å². The molecule has 25 heavy (non-hydrogen) atoms. The normalized spacial score (nSPS) is 12.5. The van der Waals surface area contributed by atoms with Gasteiger partial charge in [-0.2, -0.15) is 0 Å². The minimum atomic E-state index is -0.307. The number of ether oxygens (including phenoxy) is 2. The molecule has 0 spiro atoms. The van der Waals surface area contributed by atoms with E-state index < -0.39 is 0 Å². The van der Waals surface area contributed by atoms with Gasteiger partial charge in [0.25, 0.3) is 0 Å². The maximum absolute atomic E-state index is 10.0. The van der Waals surface area contributed by atoms with Gasteiger partial charge in [-0.15, -0.1) is 0 Å². The number of rotatable bonds is 11. The summed E-state index contributed by atoms with van der Waals surface area (Å²) in [6.07, 6.45) is 2.55. The van der Waals surface area contributed by atoms with Crippen LogP contribution in [-0.2, 0) is 17.8 Å². The van der Waals surface area contributed by atoms with Crippen molar-refractivity contribution in [1.29, 1.82) is 0 Å². The lowest BCUT2D eigenvalue weighted by atomic mass is 10.2. The van der Waals surface area contributed by atoms with Gasteiger partial charge in [-0.05, 0) is 36.2 Å². The molecule has 0 aliphatic rings. The molecule has 0 fully saturated rings. The van der Waals surface area contributed by atoms with Crippen LogP contribution < -0.4 is 4.74 Å². The number of nitrogens with zero attached hydrogens (tertiary/aromatic N) is 2. The number of aliphatic hydroxyl groups excluding tert-OH is 1. The molecule has 1 heterocycles. The fourth-order valence-electron chi connectivity index (χ4n) is 2.83. The van der Waals surface area contributed by atoms with Crippen molar-refractivity contribution in [2.24, 2.45) is 0 Å². The Morgan fingerprint density at radius 2 is 2.04 bits per heavy atom. The fourth-order valence-corrected chi connectivity index (χ4v) is 2.83. The predicted molar refractivity (Wildman–Crippen MR) is 100.0 cm³/mol. The van der Waals surface area contributed by atoms with Crippen LogP contribution >= 0.6 is 0 Å². The highest BCUT2D eigenvalue weighted by atomic mass is 16.5. The fraction of sp³-hybridized carbons (Fsp3) is 0.500. The van der Waals surface area contributed by atoms with Crippen molar-refractivity contribution in [3.8, 4) is 5.75 Å². The summed E-state index contributed by atoms with van der Waals surface area (Å²) in [4.78, 5) is 2.25. The minimum absolute atomic E-state index is 0.307. The zero-order chi connectivity index (χ0) is 18.1. The number of aromatic nitrogens is 1. The molecule has 1 aromatic carbocycles. The predicted octanol–water partition coefficient (Wildman–Crippen LogP) is 2.76.